The summed E-state index contributed by atoms with van der Waals surface area (Å²) >= 11 is 1.18. The average molecular weight is 454 g/mol. The summed E-state index contributed by atoms with van der Waals surface area (Å²) in [6.07, 6.45) is 1.49. The zero-order valence-electron chi connectivity index (χ0n) is 17.9. The number of carbonyl (C=O) groups is 2. The standard InChI is InChI=1S/C23H24FN5O2S/c1-27(2)19-8-6-16(7-9-19)13-25-21(30)20-14-26-22(32-20)29-11-10-28(23(29)31)15-17-4-3-5-18(24)12-17/h3-9,12,14H,10-11,13,15H2,1-2H3,(H,25,30). The molecule has 1 N–H and O–H groups in total. The van der Waals surface area contributed by atoms with Crippen LogP contribution in [0.4, 0.5) is 20.0 Å². The lowest BCUT2D eigenvalue weighted by Crippen LogP contribution is -2.31. The summed E-state index contributed by atoms with van der Waals surface area (Å²) in [5.74, 6) is -0.552. The third-order valence-electron chi connectivity index (χ3n) is 5.21. The first kappa shape index (κ1) is 21.8. The van der Waals surface area contributed by atoms with Gasteiger partial charge >= 0.3 is 6.03 Å². The van der Waals surface area contributed by atoms with Gasteiger partial charge in [0.2, 0.25) is 0 Å². The second-order valence-electron chi connectivity index (χ2n) is 7.74. The second-order valence-corrected chi connectivity index (χ2v) is 8.75. The molecule has 2 heterocycles. The van der Waals surface area contributed by atoms with Crippen molar-refractivity contribution in [3.8, 4) is 0 Å². The predicted octanol–water partition coefficient (Wildman–Crippen LogP) is 3.72. The number of nitrogens with one attached hydrogen (secondary N) is 1. The van der Waals surface area contributed by atoms with Crippen molar-refractivity contribution in [3.63, 3.8) is 0 Å². The lowest BCUT2D eigenvalue weighted by Gasteiger charge is -2.17. The largest absolute Gasteiger partial charge is 0.378 e. The molecule has 0 aliphatic carbocycles. The third-order valence-corrected chi connectivity index (χ3v) is 6.23. The summed E-state index contributed by atoms with van der Waals surface area (Å²) in [6.45, 7) is 1.72. The van der Waals surface area contributed by atoms with Gasteiger partial charge in [0.1, 0.15) is 10.7 Å². The van der Waals surface area contributed by atoms with Crippen LogP contribution in [0, 0.1) is 5.82 Å². The summed E-state index contributed by atoms with van der Waals surface area (Å²) in [5.41, 5.74) is 2.82. The summed E-state index contributed by atoms with van der Waals surface area (Å²) in [7, 11) is 3.95. The van der Waals surface area contributed by atoms with E-state index in [2.05, 4.69) is 10.3 Å². The number of amides is 3. The highest BCUT2D eigenvalue weighted by Gasteiger charge is 2.31. The highest BCUT2D eigenvalue weighted by molar-refractivity contribution is 7.17. The number of rotatable bonds is 7. The van der Waals surface area contributed by atoms with E-state index in [0.29, 0.717) is 36.2 Å². The fourth-order valence-corrected chi connectivity index (χ4v) is 4.29. The quantitative estimate of drug-likeness (QED) is 0.592. The van der Waals surface area contributed by atoms with E-state index in [1.807, 2.05) is 43.3 Å². The minimum atomic E-state index is -0.324. The first-order valence-corrected chi connectivity index (χ1v) is 11.0. The zero-order valence-corrected chi connectivity index (χ0v) is 18.7. The maximum Gasteiger partial charge on any atom is 0.326 e. The minimum Gasteiger partial charge on any atom is -0.378 e. The highest BCUT2D eigenvalue weighted by atomic mass is 32.1. The number of carbonyl (C=O) groups excluding carboxylic acids is 2. The number of benzene rings is 2. The van der Waals surface area contributed by atoms with Gasteiger partial charge in [0.15, 0.2) is 5.13 Å². The molecular weight excluding hydrogens is 429 g/mol. The zero-order chi connectivity index (χ0) is 22.7. The van der Waals surface area contributed by atoms with Crippen molar-refractivity contribution in [2.24, 2.45) is 0 Å². The number of anilines is 2. The molecule has 9 heteroatoms. The van der Waals surface area contributed by atoms with Gasteiger partial charge in [-0.05, 0) is 35.4 Å². The van der Waals surface area contributed by atoms with E-state index < -0.39 is 0 Å². The Bertz CT molecular complexity index is 1120. The maximum atomic E-state index is 13.4. The van der Waals surface area contributed by atoms with Crippen LogP contribution < -0.4 is 15.1 Å². The van der Waals surface area contributed by atoms with Gasteiger partial charge in [-0.3, -0.25) is 9.69 Å². The lowest BCUT2D eigenvalue weighted by molar-refractivity contribution is 0.0954. The molecule has 0 saturated carbocycles. The molecule has 166 valence electrons. The van der Waals surface area contributed by atoms with Crippen LogP contribution in [0.15, 0.2) is 54.7 Å². The fourth-order valence-electron chi connectivity index (χ4n) is 3.44. The van der Waals surface area contributed by atoms with Gasteiger partial charge in [-0.15, -0.1) is 0 Å². The Labute approximate surface area is 190 Å². The molecule has 0 bridgehead atoms. The number of thiazole rings is 1. The van der Waals surface area contributed by atoms with Crippen LogP contribution in [0.3, 0.4) is 0 Å². The van der Waals surface area contributed by atoms with Crippen LogP contribution in [0.5, 0.6) is 0 Å². The molecule has 0 unspecified atom stereocenters. The molecule has 0 spiro atoms. The molecule has 4 rings (SSSR count). The van der Waals surface area contributed by atoms with Crippen LogP contribution in [-0.2, 0) is 13.1 Å². The lowest BCUT2D eigenvalue weighted by atomic mass is 10.2. The minimum absolute atomic E-state index is 0.198. The van der Waals surface area contributed by atoms with Crippen molar-refractivity contribution < 1.29 is 14.0 Å². The van der Waals surface area contributed by atoms with E-state index in [0.717, 1.165) is 16.8 Å². The first-order valence-electron chi connectivity index (χ1n) is 10.2. The molecule has 1 aromatic heterocycles. The molecule has 2 aromatic carbocycles. The molecule has 1 fully saturated rings. The average Bonchev–Trinajstić information content (AvgIpc) is 3.40. The molecular formula is C23H24FN5O2S. The molecule has 1 aliphatic heterocycles. The Balaban J connectivity index is 1.34. The topological polar surface area (TPSA) is 68.8 Å². The third kappa shape index (κ3) is 4.88. The number of hydrogen-bond donors (Lipinski definition) is 1. The molecule has 0 atom stereocenters. The van der Waals surface area contributed by atoms with E-state index >= 15 is 0 Å². The van der Waals surface area contributed by atoms with Gasteiger partial charge in [-0.1, -0.05) is 35.6 Å². The Morgan fingerprint density at radius 3 is 2.66 bits per heavy atom. The normalized spacial score (nSPS) is 13.5. The maximum absolute atomic E-state index is 13.4. The molecule has 3 aromatic rings. The van der Waals surface area contributed by atoms with Gasteiger partial charge in [0, 0.05) is 46.0 Å². The van der Waals surface area contributed by atoms with Crippen molar-refractivity contribution in [3.05, 3.63) is 76.5 Å². The van der Waals surface area contributed by atoms with Crippen molar-refractivity contribution in [2.45, 2.75) is 13.1 Å². The first-order chi connectivity index (χ1) is 15.4. The molecule has 7 nitrogen and oxygen atoms in total. The Hall–Kier alpha value is -3.46. The molecule has 1 aliphatic rings. The smallest absolute Gasteiger partial charge is 0.326 e. The predicted molar refractivity (Wildman–Crippen MR) is 124 cm³/mol. The van der Waals surface area contributed by atoms with Crippen LogP contribution in [0.2, 0.25) is 0 Å². The number of urea groups is 1. The fraction of sp³-hybridized carbons (Fsp3) is 0.261. The summed E-state index contributed by atoms with van der Waals surface area (Å²) < 4.78 is 13.4. The highest BCUT2D eigenvalue weighted by Crippen LogP contribution is 2.27. The Morgan fingerprint density at radius 2 is 1.94 bits per heavy atom. The van der Waals surface area contributed by atoms with Gasteiger partial charge in [-0.2, -0.15) is 0 Å². The van der Waals surface area contributed by atoms with Crippen LogP contribution in [-0.4, -0.2) is 49.0 Å². The Kier molecular flexibility index (Phi) is 6.36. The van der Waals surface area contributed by atoms with Crippen LogP contribution in [0.1, 0.15) is 20.8 Å². The molecule has 32 heavy (non-hydrogen) atoms. The van der Waals surface area contributed by atoms with Crippen LogP contribution in [0.25, 0.3) is 0 Å². The van der Waals surface area contributed by atoms with Gasteiger partial charge < -0.3 is 15.1 Å². The molecule has 1 saturated heterocycles. The monoisotopic (exact) mass is 453 g/mol. The molecule has 0 radical (unpaired) electrons. The van der Waals surface area contributed by atoms with E-state index in [9.17, 15) is 14.0 Å². The van der Waals surface area contributed by atoms with Gasteiger partial charge in [-0.25, -0.2) is 14.2 Å². The van der Waals surface area contributed by atoms with Crippen molar-refractivity contribution in [1.82, 2.24) is 15.2 Å². The molecule has 3 amide bonds. The van der Waals surface area contributed by atoms with Crippen molar-refractivity contribution in [1.29, 1.82) is 0 Å². The summed E-state index contributed by atoms with van der Waals surface area (Å²) in [4.78, 5) is 35.3. The number of nitrogens with zero attached hydrogens (tertiary/aromatic N) is 4. The Morgan fingerprint density at radius 1 is 1.16 bits per heavy atom. The number of halogens is 1. The van der Waals surface area contributed by atoms with Crippen LogP contribution >= 0.6 is 11.3 Å². The van der Waals surface area contributed by atoms with Crippen molar-refractivity contribution >= 4 is 34.1 Å². The van der Waals surface area contributed by atoms with E-state index in [4.69, 9.17) is 0 Å². The van der Waals surface area contributed by atoms with Gasteiger partial charge in [0.25, 0.3) is 5.91 Å². The van der Waals surface area contributed by atoms with E-state index in [1.165, 1.54) is 29.7 Å². The van der Waals surface area contributed by atoms with E-state index in [-0.39, 0.29) is 17.8 Å². The van der Waals surface area contributed by atoms with Crippen molar-refractivity contribution in [2.75, 3.05) is 37.0 Å². The summed E-state index contributed by atoms with van der Waals surface area (Å²) in [6, 6.07) is 14.0. The number of aromatic nitrogens is 1. The van der Waals surface area contributed by atoms with E-state index in [1.54, 1.807) is 21.9 Å². The summed E-state index contributed by atoms with van der Waals surface area (Å²) in [5, 5.41) is 3.38. The van der Waals surface area contributed by atoms with Gasteiger partial charge in [0.05, 0.1) is 6.20 Å². The SMILES string of the molecule is CN(C)c1ccc(CNC(=O)c2cnc(N3CCN(Cc4cccc(F)c4)C3=O)s2)cc1. The second kappa shape index (κ2) is 9.35. The number of hydrogen-bond acceptors (Lipinski definition) is 5.